The average molecular weight is 267 g/mol. The number of para-hydroxylation sites is 1. The fraction of sp³-hybridized carbons (Fsp3) is 0.353. The van der Waals surface area contributed by atoms with Crippen molar-refractivity contribution >= 4 is 5.69 Å². The highest BCUT2D eigenvalue weighted by Gasteiger charge is 2.14. The molecule has 0 unspecified atom stereocenters. The summed E-state index contributed by atoms with van der Waals surface area (Å²) >= 11 is 0. The normalized spacial score (nSPS) is 13.3. The summed E-state index contributed by atoms with van der Waals surface area (Å²) < 4.78 is 0. The van der Waals surface area contributed by atoms with Crippen LogP contribution in [0.2, 0.25) is 0 Å². The van der Waals surface area contributed by atoms with E-state index in [0.717, 1.165) is 38.2 Å². The molecule has 0 saturated carbocycles. The minimum absolute atomic E-state index is 0.989. The number of pyridine rings is 1. The van der Waals surface area contributed by atoms with Gasteiger partial charge in [0, 0.05) is 43.6 Å². The fourth-order valence-electron chi connectivity index (χ4n) is 2.76. The van der Waals surface area contributed by atoms with Gasteiger partial charge in [-0.25, -0.2) is 0 Å². The number of likely N-dealkylation sites (N-methyl/N-ethyl adjacent to an activating group) is 1. The van der Waals surface area contributed by atoms with Gasteiger partial charge in [-0.15, -0.1) is 0 Å². The molecule has 2 heterocycles. The molecular formula is C17H21N3. The van der Waals surface area contributed by atoms with Crippen LogP contribution in [0.3, 0.4) is 0 Å². The van der Waals surface area contributed by atoms with E-state index in [1.54, 1.807) is 0 Å². The van der Waals surface area contributed by atoms with Crippen molar-refractivity contribution in [3.05, 3.63) is 59.4 Å². The molecule has 1 N–H and O–H groups in total. The largest absolute Gasteiger partial charge is 0.384 e. The Morgan fingerprint density at radius 1 is 1.20 bits per heavy atom. The van der Waals surface area contributed by atoms with Crippen LogP contribution < -0.4 is 5.32 Å². The summed E-state index contributed by atoms with van der Waals surface area (Å²) in [6.07, 6.45) is 4.02. The first kappa shape index (κ1) is 13.1. The van der Waals surface area contributed by atoms with E-state index < -0.39 is 0 Å². The molecule has 2 aromatic rings. The van der Waals surface area contributed by atoms with Crippen LogP contribution in [0.4, 0.5) is 5.69 Å². The highest BCUT2D eigenvalue weighted by atomic mass is 15.1. The summed E-state index contributed by atoms with van der Waals surface area (Å²) in [5.74, 6) is 0. The Balaban J connectivity index is 1.59. The Hall–Kier alpha value is -1.87. The van der Waals surface area contributed by atoms with Gasteiger partial charge < -0.3 is 10.2 Å². The van der Waals surface area contributed by atoms with Gasteiger partial charge in [0.2, 0.25) is 0 Å². The van der Waals surface area contributed by atoms with Gasteiger partial charge in [-0.05, 0) is 36.7 Å². The third kappa shape index (κ3) is 2.99. The summed E-state index contributed by atoms with van der Waals surface area (Å²) in [7, 11) is 2.18. The molecule has 0 amide bonds. The van der Waals surface area contributed by atoms with E-state index in [1.807, 2.05) is 12.3 Å². The Morgan fingerprint density at radius 3 is 3.00 bits per heavy atom. The standard InChI is InChI=1S/C17H21N3/c1-20(12-9-16-7-2-3-10-18-16)13-15-6-4-5-14-8-11-19-17(14)15/h2-7,10,19H,8-9,11-13H2,1H3. The number of hydrogen-bond acceptors (Lipinski definition) is 3. The van der Waals surface area contributed by atoms with Gasteiger partial charge in [-0.3, -0.25) is 4.98 Å². The van der Waals surface area contributed by atoms with Crippen molar-refractivity contribution in [2.24, 2.45) is 0 Å². The zero-order valence-corrected chi connectivity index (χ0v) is 12.0. The number of rotatable bonds is 5. The molecule has 0 aliphatic carbocycles. The third-order valence-electron chi connectivity index (χ3n) is 3.85. The number of anilines is 1. The Morgan fingerprint density at radius 2 is 2.15 bits per heavy atom. The van der Waals surface area contributed by atoms with E-state index in [1.165, 1.54) is 16.8 Å². The molecule has 0 spiro atoms. The quantitative estimate of drug-likeness (QED) is 0.903. The van der Waals surface area contributed by atoms with E-state index in [4.69, 9.17) is 0 Å². The molecule has 0 fully saturated rings. The van der Waals surface area contributed by atoms with Crippen molar-refractivity contribution in [3.8, 4) is 0 Å². The van der Waals surface area contributed by atoms with Crippen molar-refractivity contribution in [1.82, 2.24) is 9.88 Å². The average Bonchev–Trinajstić information content (AvgIpc) is 2.96. The molecule has 0 bridgehead atoms. The van der Waals surface area contributed by atoms with E-state index >= 15 is 0 Å². The lowest BCUT2D eigenvalue weighted by Crippen LogP contribution is -2.21. The maximum atomic E-state index is 4.38. The SMILES string of the molecule is CN(CCc1ccccn1)Cc1cccc2c1NCC2. The molecule has 1 aliphatic rings. The second-order valence-corrected chi connectivity index (χ2v) is 5.44. The lowest BCUT2D eigenvalue weighted by Gasteiger charge is -2.18. The smallest absolute Gasteiger partial charge is 0.0419 e. The first-order valence-corrected chi connectivity index (χ1v) is 7.26. The van der Waals surface area contributed by atoms with E-state index in [-0.39, 0.29) is 0 Å². The van der Waals surface area contributed by atoms with Gasteiger partial charge in [-0.2, -0.15) is 0 Å². The third-order valence-corrected chi connectivity index (χ3v) is 3.85. The monoisotopic (exact) mass is 267 g/mol. The van der Waals surface area contributed by atoms with Crippen LogP contribution in [-0.2, 0) is 19.4 Å². The predicted molar refractivity (Wildman–Crippen MR) is 82.9 cm³/mol. The Labute approximate surface area is 120 Å². The molecule has 20 heavy (non-hydrogen) atoms. The van der Waals surface area contributed by atoms with Crippen LogP contribution in [0.1, 0.15) is 16.8 Å². The van der Waals surface area contributed by atoms with Gasteiger partial charge in [0.1, 0.15) is 0 Å². The lowest BCUT2D eigenvalue weighted by atomic mass is 10.1. The van der Waals surface area contributed by atoms with E-state index in [2.05, 4.69) is 52.6 Å². The molecule has 0 radical (unpaired) electrons. The van der Waals surface area contributed by atoms with Crippen LogP contribution in [0.15, 0.2) is 42.6 Å². The van der Waals surface area contributed by atoms with Crippen LogP contribution >= 0.6 is 0 Å². The maximum Gasteiger partial charge on any atom is 0.0419 e. The molecule has 3 nitrogen and oxygen atoms in total. The van der Waals surface area contributed by atoms with Gasteiger partial charge in [0.15, 0.2) is 0 Å². The molecule has 0 atom stereocenters. The molecular weight excluding hydrogens is 246 g/mol. The number of nitrogens with one attached hydrogen (secondary N) is 1. The minimum Gasteiger partial charge on any atom is -0.384 e. The van der Waals surface area contributed by atoms with Crippen molar-refractivity contribution in [3.63, 3.8) is 0 Å². The second kappa shape index (κ2) is 6.06. The molecule has 0 saturated heterocycles. The van der Waals surface area contributed by atoms with Crippen molar-refractivity contribution < 1.29 is 0 Å². The Bertz CT molecular complexity index is 566. The van der Waals surface area contributed by atoms with Gasteiger partial charge in [0.25, 0.3) is 0 Å². The molecule has 104 valence electrons. The number of benzene rings is 1. The summed E-state index contributed by atoms with van der Waals surface area (Å²) in [5.41, 5.74) is 5.39. The molecule has 3 rings (SSSR count). The maximum absolute atomic E-state index is 4.38. The molecule has 1 aliphatic heterocycles. The summed E-state index contributed by atoms with van der Waals surface area (Å²) in [4.78, 5) is 6.74. The lowest BCUT2D eigenvalue weighted by molar-refractivity contribution is 0.330. The topological polar surface area (TPSA) is 28.2 Å². The van der Waals surface area contributed by atoms with E-state index in [0.29, 0.717) is 0 Å². The summed E-state index contributed by atoms with van der Waals surface area (Å²) in [5, 5.41) is 3.51. The zero-order valence-electron chi connectivity index (χ0n) is 12.0. The predicted octanol–water partition coefficient (Wildman–Crippen LogP) is 2.72. The highest BCUT2D eigenvalue weighted by molar-refractivity contribution is 5.61. The van der Waals surface area contributed by atoms with Crippen molar-refractivity contribution in [1.29, 1.82) is 0 Å². The van der Waals surface area contributed by atoms with Gasteiger partial charge >= 0.3 is 0 Å². The van der Waals surface area contributed by atoms with Gasteiger partial charge in [-0.1, -0.05) is 24.3 Å². The van der Waals surface area contributed by atoms with Crippen LogP contribution in [0.25, 0.3) is 0 Å². The number of fused-ring (bicyclic) bond motifs is 1. The number of hydrogen-bond donors (Lipinski definition) is 1. The highest BCUT2D eigenvalue weighted by Crippen LogP contribution is 2.27. The van der Waals surface area contributed by atoms with Crippen LogP contribution in [0, 0.1) is 0 Å². The number of aromatic nitrogens is 1. The van der Waals surface area contributed by atoms with Gasteiger partial charge in [0.05, 0.1) is 0 Å². The van der Waals surface area contributed by atoms with E-state index in [9.17, 15) is 0 Å². The zero-order chi connectivity index (χ0) is 13.8. The molecule has 1 aromatic heterocycles. The van der Waals surface area contributed by atoms with Crippen molar-refractivity contribution in [2.45, 2.75) is 19.4 Å². The first-order valence-electron chi connectivity index (χ1n) is 7.26. The summed E-state index contributed by atoms with van der Waals surface area (Å²) in [6, 6.07) is 12.7. The van der Waals surface area contributed by atoms with Crippen LogP contribution in [-0.4, -0.2) is 30.0 Å². The Kier molecular flexibility index (Phi) is 3.97. The molecule has 1 aromatic carbocycles. The fourth-order valence-corrected chi connectivity index (χ4v) is 2.76. The first-order chi connectivity index (χ1) is 9.83. The van der Waals surface area contributed by atoms with Crippen LogP contribution in [0.5, 0.6) is 0 Å². The molecule has 3 heteroatoms. The minimum atomic E-state index is 0.989. The number of nitrogens with zero attached hydrogens (tertiary/aromatic N) is 2. The summed E-state index contributed by atoms with van der Waals surface area (Å²) in [6.45, 7) is 3.09. The second-order valence-electron chi connectivity index (χ2n) is 5.44. The van der Waals surface area contributed by atoms with Crippen molar-refractivity contribution in [2.75, 3.05) is 25.5 Å².